The van der Waals surface area contributed by atoms with Gasteiger partial charge in [0.05, 0.1) is 6.20 Å². The second kappa shape index (κ2) is 6.85. The van der Waals surface area contributed by atoms with Gasteiger partial charge < -0.3 is 10.2 Å². The molecular weight excluding hydrogens is 330 g/mol. The Balaban J connectivity index is 1.74. The smallest absolute Gasteiger partial charge is 0.247 e. The van der Waals surface area contributed by atoms with Crippen LogP contribution in [0.2, 0.25) is 0 Å². The van der Waals surface area contributed by atoms with Gasteiger partial charge in [-0.3, -0.25) is 0 Å². The first-order chi connectivity index (χ1) is 10.3. The van der Waals surface area contributed by atoms with Crippen molar-refractivity contribution in [3.05, 3.63) is 34.9 Å². The predicted octanol–water partition coefficient (Wildman–Crippen LogP) is 3.76. The molecule has 1 fully saturated rings. The van der Waals surface area contributed by atoms with Crippen molar-refractivity contribution < 1.29 is 0 Å². The normalized spacial score (nSPS) is 15.6. The van der Waals surface area contributed by atoms with Crippen molar-refractivity contribution in [2.75, 3.05) is 23.3 Å². The summed E-state index contributed by atoms with van der Waals surface area (Å²) in [6, 6.07) is 7.98. The topological polar surface area (TPSA) is 53.9 Å². The average molecular weight is 348 g/mol. The van der Waals surface area contributed by atoms with E-state index in [1.807, 2.05) is 24.3 Å². The number of benzene rings is 1. The summed E-state index contributed by atoms with van der Waals surface area (Å²) in [5.41, 5.74) is 0.987. The number of rotatable bonds is 3. The molecule has 0 atom stereocenters. The molecule has 0 spiro atoms. The van der Waals surface area contributed by atoms with E-state index in [1.54, 1.807) is 6.20 Å². The average Bonchev–Trinajstić information content (AvgIpc) is 2.79. The molecule has 0 saturated carbocycles. The number of anilines is 3. The Bertz CT molecular complexity index is 579. The fourth-order valence-electron chi connectivity index (χ4n) is 2.44. The van der Waals surface area contributed by atoms with Crippen molar-refractivity contribution in [3.63, 3.8) is 0 Å². The second-order valence-corrected chi connectivity index (χ2v) is 6.09. The van der Waals surface area contributed by atoms with Crippen LogP contribution in [0.3, 0.4) is 0 Å². The third-order valence-electron chi connectivity index (χ3n) is 3.55. The molecule has 1 N–H and O–H groups in total. The lowest BCUT2D eigenvalue weighted by molar-refractivity contribution is 0.726. The highest BCUT2D eigenvalue weighted by Crippen LogP contribution is 2.20. The Labute approximate surface area is 132 Å². The standard InChI is InChI=1S/C15H18BrN5/c16-12-5-7-13(8-6-12)18-14-11-17-20-15(19-14)21-9-3-1-2-4-10-21/h5-8,11H,1-4,9-10H2,(H,18,19,20). The van der Waals surface area contributed by atoms with Crippen molar-refractivity contribution in [2.24, 2.45) is 0 Å². The minimum Gasteiger partial charge on any atom is -0.339 e. The van der Waals surface area contributed by atoms with E-state index in [4.69, 9.17) is 0 Å². The number of aromatic nitrogens is 3. The van der Waals surface area contributed by atoms with Gasteiger partial charge in [0.1, 0.15) is 0 Å². The third kappa shape index (κ3) is 3.91. The van der Waals surface area contributed by atoms with E-state index >= 15 is 0 Å². The predicted molar refractivity (Wildman–Crippen MR) is 87.9 cm³/mol. The van der Waals surface area contributed by atoms with Gasteiger partial charge in [-0.2, -0.15) is 10.1 Å². The summed E-state index contributed by atoms with van der Waals surface area (Å²) in [5.74, 6) is 1.45. The van der Waals surface area contributed by atoms with Gasteiger partial charge in [0.25, 0.3) is 0 Å². The van der Waals surface area contributed by atoms with Crippen LogP contribution in [-0.4, -0.2) is 28.3 Å². The summed E-state index contributed by atoms with van der Waals surface area (Å²) in [4.78, 5) is 6.81. The number of hydrogen-bond acceptors (Lipinski definition) is 5. The Hall–Kier alpha value is -1.69. The molecule has 1 aromatic heterocycles. The molecule has 1 saturated heterocycles. The molecule has 21 heavy (non-hydrogen) atoms. The molecule has 1 aliphatic heterocycles. The maximum absolute atomic E-state index is 4.59. The zero-order chi connectivity index (χ0) is 14.5. The highest BCUT2D eigenvalue weighted by atomic mass is 79.9. The molecule has 1 aliphatic rings. The van der Waals surface area contributed by atoms with Crippen LogP contribution < -0.4 is 10.2 Å². The van der Waals surface area contributed by atoms with Gasteiger partial charge in [0.15, 0.2) is 5.82 Å². The van der Waals surface area contributed by atoms with Crippen molar-refractivity contribution in [1.82, 2.24) is 15.2 Å². The molecule has 0 bridgehead atoms. The van der Waals surface area contributed by atoms with Gasteiger partial charge in [0.2, 0.25) is 5.95 Å². The minimum absolute atomic E-state index is 0.721. The molecule has 5 nitrogen and oxygen atoms in total. The molecular formula is C15H18BrN5. The molecule has 6 heteroatoms. The lowest BCUT2D eigenvalue weighted by Gasteiger charge is -2.19. The van der Waals surface area contributed by atoms with Crippen molar-refractivity contribution in [3.8, 4) is 0 Å². The molecule has 2 aromatic rings. The zero-order valence-corrected chi connectivity index (χ0v) is 13.4. The maximum Gasteiger partial charge on any atom is 0.247 e. The number of nitrogens with one attached hydrogen (secondary N) is 1. The molecule has 0 unspecified atom stereocenters. The Morgan fingerprint density at radius 1 is 1.00 bits per heavy atom. The van der Waals surface area contributed by atoms with E-state index in [0.29, 0.717) is 0 Å². The van der Waals surface area contributed by atoms with E-state index in [2.05, 4.69) is 41.3 Å². The highest BCUT2D eigenvalue weighted by Gasteiger charge is 2.13. The lowest BCUT2D eigenvalue weighted by Crippen LogP contribution is -2.26. The van der Waals surface area contributed by atoms with Crippen molar-refractivity contribution in [2.45, 2.75) is 25.7 Å². The summed E-state index contributed by atoms with van der Waals surface area (Å²) < 4.78 is 1.05. The summed E-state index contributed by atoms with van der Waals surface area (Å²) in [7, 11) is 0. The first-order valence-electron chi connectivity index (χ1n) is 7.28. The van der Waals surface area contributed by atoms with Gasteiger partial charge in [-0.05, 0) is 37.1 Å². The van der Waals surface area contributed by atoms with E-state index in [1.165, 1.54) is 25.7 Å². The fraction of sp³-hybridized carbons (Fsp3) is 0.400. The maximum atomic E-state index is 4.59. The summed E-state index contributed by atoms with van der Waals surface area (Å²) in [6.07, 6.45) is 6.65. The molecule has 3 rings (SSSR count). The second-order valence-electron chi connectivity index (χ2n) is 5.17. The number of nitrogens with zero attached hydrogens (tertiary/aromatic N) is 4. The minimum atomic E-state index is 0.721. The molecule has 0 aliphatic carbocycles. The summed E-state index contributed by atoms with van der Waals surface area (Å²) in [6.45, 7) is 2.03. The van der Waals surface area contributed by atoms with E-state index in [0.717, 1.165) is 35.0 Å². The summed E-state index contributed by atoms with van der Waals surface area (Å²) in [5, 5.41) is 11.5. The van der Waals surface area contributed by atoms with Crippen molar-refractivity contribution in [1.29, 1.82) is 0 Å². The Morgan fingerprint density at radius 2 is 1.71 bits per heavy atom. The van der Waals surface area contributed by atoms with Crippen LogP contribution in [0, 0.1) is 0 Å². The van der Waals surface area contributed by atoms with Crippen LogP contribution in [0.4, 0.5) is 17.5 Å². The van der Waals surface area contributed by atoms with Crippen LogP contribution in [0.15, 0.2) is 34.9 Å². The highest BCUT2D eigenvalue weighted by molar-refractivity contribution is 9.10. The van der Waals surface area contributed by atoms with Crippen LogP contribution in [0.25, 0.3) is 0 Å². The molecule has 110 valence electrons. The lowest BCUT2D eigenvalue weighted by atomic mass is 10.2. The Morgan fingerprint density at radius 3 is 2.43 bits per heavy atom. The number of hydrogen-bond donors (Lipinski definition) is 1. The van der Waals surface area contributed by atoms with Gasteiger partial charge in [0, 0.05) is 23.2 Å². The van der Waals surface area contributed by atoms with Crippen LogP contribution >= 0.6 is 15.9 Å². The first-order valence-corrected chi connectivity index (χ1v) is 8.08. The monoisotopic (exact) mass is 347 g/mol. The first kappa shape index (κ1) is 14.3. The Kier molecular flexibility index (Phi) is 4.65. The SMILES string of the molecule is Brc1ccc(Nc2cnnc(N3CCCCCC3)n2)cc1. The van der Waals surface area contributed by atoms with Crippen LogP contribution in [0.1, 0.15) is 25.7 Å². The molecule has 0 amide bonds. The third-order valence-corrected chi connectivity index (χ3v) is 4.08. The van der Waals surface area contributed by atoms with Crippen molar-refractivity contribution >= 4 is 33.4 Å². The van der Waals surface area contributed by atoms with E-state index in [9.17, 15) is 0 Å². The van der Waals surface area contributed by atoms with Gasteiger partial charge >= 0.3 is 0 Å². The van der Waals surface area contributed by atoms with Gasteiger partial charge in [-0.25, -0.2) is 0 Å². The van der Waals surface area contributed by atoms with E-state index in [-0.39, 0.29) is 0 Å². The number of halogens is 1. The zero-order valence-electron chi connectivity index (χ0n) is 11.8. The fourth-order valence-corrected chi connectivity index (χ4v) is 2.70. The van der Waals surface area contributed by atoms with Gasteiger partial charge in [-0.15, -0.1) is 5.10 Å². The largest absolute Gasteiger partial charge is 0.339 e. The molecule has 0 radical (unpaired) electrons. The molecule has 2 heterocycles. The summed E-state index contributed by atoms with van der Waals surface area (Å²) >= 11 is 3.43. The molecule has 1 aromatic carbocycles. The van der Waals surface area contributed by atoms with Crippen LogP contribution in [-0.2, 0) is 0 Å². The van der Waals surface area contributed by atoms with Crippen LogP contribution in [0.5, 0.6) is 0 Å². The quantitative estimate of drug-likeness (QED) is 0.915. The van der Waals surface area contributed by atoms with Gasteiger partial charge in [-0.1, -0.05) is 28.8 Å². The van der Waals surface area contributed by atoms with E-state index < -0.39 is 0 Å².